The van der Waals surface area contributed by atoms with Crippen LogP contribution >= 0.6 is 11.3 Å². The van der Waals surface area contributed by atoms with Crippen LogP contribution in [0, 0.1) is 12.8 Å². The van der Waals surface area contributed by atoms with Crippen molar-refractivity contribution in [1.29, 1.82) is 0 Å². The van der Waals surface area contributed by atoms with Crippen LogP contribution in [0.25, 0.3) is 16.4 Å². The zero-order valence-corrected chi connectivity index (χ0v) is 22.2. The number of benzene rings is 2. The number of hydrogen-bond acceptors (Lipinski definition) is 8. The summed E-state index contributed by atoms with van der Waals surface area (Å²) in [5.41, 5.74) is 3.04. The summed E-state index contributed by atoms with van der Waals surface area (Å²) >= 11 is 1.40. The lowest BCUT2D eigenvalue weighted by Gasteiger charge is -2.17. The molecule has 1 saturated heterocycles. The van der Waals surface area contributed by atoms with Gasteiger partial charge in [-0.15, -0.1) is 11.3 Å². The SMILES string of the molecule is COc1cccc(N2CC(C(=O)Nc3cc(C)nn3-c3nc(-c4ccc(OC)c(OC)c4)cs3)CC2=O)c1. The molecule has 2 amide bonds. The number of aromatic nitrogens is 3. The molecule has 0 aliphatic carbocycles. The van der Waals surface area contributed by atoms with Gasteiger partial charge in [0.2, 0.25) is 16.9 Å². The summed E-state index contributed by atoms with van der Waals surface area (Å²) in [4.78, 5) is 32.3. The molecular formula is C27H27N5O5S. The van der Waals surface area contributed by atoms with E-state index >= 15 is 0 Å². The van der Waals surface area contributed by atoms with Gasteiger partial charge in [0.25, 0.3) is 0 Å². The third-order valence-corrected chi connectivity index (χ3v) is 7.11. The third kappa shape index (κ3) is 4.92. The van der Waals surface area contributed by atoms with Crippen molar-refractivity contribution in [1.82, 2.24) is 14.8 Å². The fourth-order valence-corrected chi connectivity index (χ4v) is 5.16. The zero-order valence-electron chi connectivity index (χ0n) is 21.4. The van der Waals surface area contributed by atoms with E-state index < -0.39 is 5.92 Å². The quantitative estimate of drug-likeness (QED) is 0.359. The molecule has 2 aromatic heterocycles. The molecule has 10 nitrogen and oxygen atoms in total. The number of ether oxygens (including phenoxy) is 3. The standard InChI is InChI=1S/C27H27N5O5S/c1-16-10-24(29-26(34)18-12-25(33)31(14-18)19-6-5-7-20(13-19)35-2)32(30-16)27-28-21(15-38-27)17-8-9-22(36-3)23(11-17)37-4/h5-11,13,15,18H,12,14H2,1-4H3,(H,29,34). The van der Waals surface area contributed by atoms with E-state index in [4.69, 9.17) is 19.2 Å². The van der Waals surface area contributed by atoms with Crippen molar-refractivity contribution in [3.8, 4) is 33.6 Å². The van der Waals surface area contributed by atoms with Gasteiger partial charge >= 0.3 is 0 Å². The van der Waals surface area contributed by atoms with Crippen molar-refractivity contribution in [2.75, 3.05) is 38.1 Å². The molecule has 1 fully saturated rings. The lowest BCUT2D eigenvalue weighted by atomic mass is 10.1. The maximum absolute atomic E-state index is 13.2. The maximum atomic E-state index is 13.2. The first kappa shape index (κ1) is 25.3. The molecule has 0 spiro atoms. The molecule has 1 aliphatic rings. The molecule has 4 aromatic rings. The molecule has 1 unspecified atom stereocenters. The molecule has 0 saturated carbocycles. The summed E-state index contributed by atoms with van der Waals surface area (Å²) in [6, 6.07) is 14.6. The van der Waals surface area contributed by atoms with Gasteiger partial charge in [-0.05, 0) is 37.3 Å². The Labute approximate surface area is 223 Å². The van der Waals surface area contributed by atoms with E-state index in [1.165, 1.54) is 11.3 Å². The average molecular weight is 534 g/mol. The van der Waals surface area contributed by atoms with Crippen LogP contribution in [0.15, 0.2) is 53.9 Å². The number of thiazole rings is 1. The van der Waals surface area contributed by atoms with E-state index in [1.807, 2.05) is 48.7 Å². The predicted molar refractivity (Wildman–Crippen MR) is 145 cm³/mol. The highest BCUT2D eigenvalue weighted by Crippen LogP contribution is 2.34. The molecule has 2 aromatic carbocycles. The first-order chi connectivity index (χ1) is 18.4. The van der Waals surface area contributed by atoms with Gasteiger partial charge in [-0.3, -0.25) is 9.59 Å². The predicted octanol–water partition coefficient (Wildman–Crippen LogP) is 4.32. The Kier molecular flexibility index (Phi) is 7.01. The van der Waals surface area contributed by atoms with Crippen molar-refractivity contribution in [2.45, 2.75) is 13.3 Å². The van der Waals surface area contributed by atoms with E-state index in [1.54, 1.807) is 43.0 Å². The Bertz CT molecular complexity index is 1500. The molecule has 0 radical (unpaired) electrons. The molecule has 5 rings (SSSR count). The lowest BCUT2D eigenvalue weighted by molar-refractivity contribution is -0.122. The van der Waals surface area contributed by atoms with E-state index in [-0.39, 0.29) is 24.8 Å². The Balaban J connectivity index is 1.34. The van der Waals surface area contributed by atoms with Crippen LogP contribution in [0.2, 0.25) is 0 Å². The summed E-state index contributed by atoms with van der Waals surface area (Å²) in [7, 11) is 4.75. The van der Waals surface area contributed by atoms with E-state index in [2.05, 4.69) is 10.4 Å². The highest BCUT2D eigenvalue weighted by atomic mass is 32.1. The number of amides is 2. The minimum Gasteiger partial charge on any atom is -0.497 e. The van der Waals surface area contributed by atoms with Crippen molar-refractivity contribution in [3.05, 3.63) is 59.6 Å². The number of carbonyl (C=O) groups excluding carboxylic acids is 2. The molecule has 1 atom stereocenters. The number of nitrogens with one attached hydrogen (secondary N) is 1. The van der Waals surface area contributed by atoms with Crippen LogP contribution in [-0.4, -0.2) is 54.5 Å². The molecule has 1 aliphatic heterocycles. The fraction of sp³-hybridized carbons (Fsp3) is 0.259. The van der Waals surface area contributed by atoms with Gasteiger partial charge in [0, 0.05) is 41.7 Å². The number of aryl methyl sites for hydroxylation is 1. The maximum Gasteiger partial charge on any atom is 0.230 e. The van der Waals surface area contributed by atoms with Crippen molar-refractivity contribution in [3.63, 3.8) is 0 Å². The second-order valence-electron chi connectivity index (χ2n) is 8.76. The monoisotopic (exact) mass is 533 g/mol. The van der Waals surface area contributed by atoms with Gasteiger partial charge in [-0.2, -0.15) is 9.78 Å². The zero-order chi connectivity index (χ0) is 26.8. The Morgan fingerprint density at radius 3 is 2.63 bits per heavy atom. The van der Waals surface area contributed by atoms with Crippen molar-refractivity contribution in [2.24, 2.45) is 5.92 Å². The number of carbonyl (C=O) groups is 2. The third-order valence-electron chi connectivity index (χ3n) is 6.30. The molecule has 1 N–H and O–H groups in total. The minimum atomic E-state index is -0.504. The summed E-state index contributed by atoms with van der Waals surface area (Å²) in [5.74, 6) is 1.53. The Morgan fingerprint density at radius 2 is 1.87 bits per heavy atom. The van der Waals surface area contributed by atoms with Crippen molar-refractivity contribution >= 4 is 34.7 Å². The van der Waals surface area contributed by atoms with Gasteiger partial charge in [0.15, 0.2) is 11.5 Å². The van der Waals surface area contributed by atoms with Gasteiger partial charge in [0.05, 0.1) is 38.6 Å². The average Bonchev–Trinajstić information content (AvgIpc) is 3.66. The minimum absolute atomic E-state index is 0.109. The molecule has 38 heavy (non-hydrogen) atoms. The van der Waals surface area contributed by atoms with Crippen LogP contribution in [-0.2, 0) is 9.59 Å². The summed E-state index contributed by atoms with van der Waals surface area (Å²) in [5, 5.41) is 10.0. The molecule has 3 heterocycles. The van der Waals surface area contributed by atoms with E-state index in [0.717, 1.165) is 17.0 Å². The lowest BCUT2D eigenvalue weighted by Crippen LogP contribution is -2.28. The molecule has 0 bridgehead atoms. The number of rotatable bonds is 8. The smallest absolute Gasteiger partial charge is 0.230 e. The van der Waals surface area contributed by atoms with E-state index in [0.29, 0.717) is 33.9 Å². The molecular weight excluding hydrogens is 506 g/mol. The first-order valence-electron chi connectivity index (χ1n) is 11.9. The van der Waals surface area contributed by atoms with Gasteiger partial charge in [-0.25, -0.2) is 4.98 Å². The van der Waals surface area contributed by atoms with Crippen LogP contribution in [0.1, 0.15) is 12.1 Å². The topological polar surface area (TPSA) is 108 Å². The van der Waals surface area contributed by atoms with Crippen LogP contribution in [0.5, 0.6) is 17.2 Å². The van der Waals surface area contributed by atoms with Gasteiger partial charge in [0.1, 0.15) is 11.6 Å². The summed E-state index contributed by atoms with van der Waals surface area (Å²) in [6.45, 7) is 2.13. The summed E-state index contributed by atoms with van der Waals surface area (Å²) in [6.07, 6.45) is 0.122. The van der Waals surface area contributed by atoms with Crippen LogP contribution in [0.4, 0.5) is 11.5 Å². The first-order valence-corrected chi connectivity index (χ1v) is 12.8. The normalized spacial score (nSPS) is 15.0. The highest BCUT2D eigenvalue weighted by Gasteiger charge is 2.35. The second-order valence-corrected chi connectivity index (χ2v) is 9.60. The molecule has 11 heteroatoms. The largest absolute Gasteiger partial charge is 0.497 e. The second kappa shape index (κ2) is 10.5. The number of nitrogens with zero attached hydrogens (tertiary/aromatic N) is 4. The number of anilines is 2. The fourth-order valence-electron chi connectivity index (χ4n) is 4.36. The van der Waals surface area contributed by atoms with Crippen LogP contribution in [0.3, 0.4) is 0 Å². The Morgan fingerprint density at radius 1 is 1.05 bits per heavy atom. The van der Waals surface area contributed by atoms with Crippen molar-refractivity contribution < 1.29 is 23.8 Å². The number of methoxy groups -OCH3 is 3. The molecule has 196 valence electrons. The Hall–Kier alpha value is -4.38. The van der Waals surface area contributed by atoms with Gasteiger partial charge < -0.3 is 24.4 Å². The number of hydrogen-bond donors (Lipinski definition) is 1. The van der Waals surface area contributed by atoms with Crippen LogP contribution < -0.4 is 24.4 Å². The highest BCUT2D eigenvalue weighted by molar-refractivity contribution is 7.12. The summed E-state index contributed by atoms with van der Waals surface area (Å²) < 4.78 is 17.6. The van der Waals surface area contributed by atoms with Gasteiger partial charge in [-0.1, -0.05) is 6.07 Å². The van der Waals surface area contributed by atoms with E-state index in [9.17, 15) is 9.59 Å².